The number of thiocarbonyl (C=S) groups is 1. The highest BCUT2D eigenvalue weighted by Gasteiger charge is 2.08. The zero-order valence-corrected chi connectivity index (χ0v) is 11.0. The van der Waals surface area contributed by atoms with Gasteiger partial charge in [0.2, 0.25) is 0 Å². The third-order valence-electron chi connectivity index (χ3n) is 2.59. The predicted octanol–water partition coefficient (Wildman–Crippen LogP) is 1.90. The molecule has 0 saturated carbocycles. The molecule has 0 saturated heterocycles. The summed E-state index contributed by atoms with van der Waals surface area (Å²) in [5, 5.41) is 1.85. The van der Waals surface area contributed by atoms with E-state index in [0.717, 1.165) is 16.8 Å². The molecule has 17 heavy (non-hydrogen) atoms. The van der Waals surface area contributed by atoms with Crippen LogP contribution in [0.1, 0.15) is 16.8 Å². The Morgan fingerprint density at radius 3 is 2.76 bits per heavy atom. The molecule has 0 amide bonds. The number of aryl methyl sites for hydroxylation is 1. The van der Waals surface area contributed by atoms with Crippen molar-refractivity contribution in [1.82, 2.24) is 4.57 Å². The van der Waals surface area contributed by atoms with Crippen LogP contribution in [0.2, 0.25) is 0 Å². The summed E-state index contributed by atoms with van der Waals surface area (Å²) in [7, 11) is 0. The number of nitrogens with zero attached hydrogens (tertiary/aromatic N) is 1. The van der Waals surface area contributed by atoms with Crippen LogP contribution in [0.25, 0.3) is 0 Å². The molecule has 0 bridgehead atoms. The van der Waals surface area contributed by atoms with E-state index >= 15 is 0 Å². The summed E-state index contributed by atoms with van der Waals surface area (Å²) in [5.41, 5.74) is 8.43. The molecule has 88 valence electrons. The lowest BCUT2D eigenvalue weighted by molar-refractivity contribution is 0.754. The molecule has 0 radical (unpaired) electrons. The van der Waals surface area contributed by atoms with E-state index in [-0.39, 0.29) is 4.87 Å². The normalized spacial score (nSPS) is 10.4. The van der Waals surface area contributed by atoms with E-state index in [1.165, 1.54) is 11.3 Å². The first-order chi connectivity index (χ1) is 8.09. The van der Waals surface area contributed by atoms with E-state index in [2.05, 4.69) is 0 Å². The molecule has 3 nitrogen and oxygen atoms in total. The molecule has 0 aliphatic heterocycles. The number of hydrogen-bond acceptors (Lipinski definition) is 3. The van der Waals surface area contributed by atoms with E-state index in [1.54, 1.807) is 4.57 Å². The Balaban J connectivity index is 2.43. The van der Waals surface area contributed by atoms with Gasteiger partial charge in [0.15, 0.2) is 0 Å². The third-order valence-corrected chi connectivity index (χ3v) is 3.69. The highest BCUT2D eigenvalue weighted by atomic mass is 32.1. The van der Waals surface area contributed by atoms with Crippen molar-refractivity contribution in [3.05, 3.63) is 56.1 Å². The molecule has 1 aromatic carbocycles. The van der Waals surface area contributed by atoms with Crippen LogP contribution in [0.3, 0.4) is 0 Å². The first kappa shape index (κ1) is 12.0. The van der Waals surface area contributed by atoms with Gasteiger partial charge < -0.3 is 5.73 Å². The summed E-state index contributed by atoms with van der Waals surface area (Å²) in [6.07, 6.45) is 0. The fourth-order valence-electron chi connectivity index (χ4n) is 1.67. The van der Waals surface area contributed by atoms with Gasteiger partial charge in [-0.3, -0.25) is 9.36 Å². The molecular formula is C12H12N2OS2. The Hall–Kier alpha value is -1.46. The standard InChI is InChI=1S/C12H12N2OS2/c1-8-7-17-12(15)14(8)6-9-4-2-3-5-10(9)11(13)16/h2-5,7H,6H2,1H3,(H2,13,16). The molecule has 0 unspecified atom stereocenters. The number of aromatic nitrogens is 1. The summed E-state index contributed by atoms with van der Waals surface area (Å²) in [6.45, 7) is 2.43. The maximum Gasteiger partial charge on any atom is 0.307 e. The van der Waals surface area contributed by atoms with Gasteiger partial charge in [0, 0.05) is 16.6 Å². The molecular weight excluding hydrogens is 252 g/mol. The Bertz CT molecular complexity index is 613. The molecule has 5 heteroatoms. The second-order valence-corrected chi connectivity index (χ2v) is 5.01. The van der Waals surface area contributed by atoms with Crippen molar-refractivity contribution in [1.29, 1.82) is 0 Å². The van der Waals surface area contributed by atoms with Crippen molar-refractivity contribution in [3.8, 4) is 0 Å². The van der Waals surface area contributed by atoms with Gasteiger partial charge in [-0.1, -0.05) is 47.8 Å². The van der Waals surface area contributed by atoms with Crippen LogP contribution in [0.4, 0.5) is 0 Å². The van der Waals surface area contributed by atoms with Gasteiger partial charge in [-0.15, -0.1) is 0 Å². The van der Waals surface area contributed by atoms with Crippen molar-refractivity contribution in [2.24, 2.45) is 5.73 Å². The SMILES string of the molecule is Cc1csc(=O)n1Cc1ccccc1C(N)=S. The second kappa shape index (κ2) is 4.81. The zero-order chi connectivity index (χ0) is 12.4. The summed E-state index contributed by atoms with van der Waals surface area (Å²) in [4.78, 5) is 12.0. The van der Waals surface area contributed by atoms with E-state index < -0.39 is 0 Å². The highest BCUT2D eigenvalue weighted by molar-refractivity contribution is 7.80. The van der Waals surface area contributed by atoms with E-state index in [1.807, 2.05) is 36.6 Å². The second-order valence-electron chi connectivity index (χ2n) is 3.75. The summed E-state index contributed by atoms with van der Waals surface area (Å²) >= 11 is 6.21. The quantitative estimate of drug-likeness (QED) is 0.861. The molecule has 0 aliphatic rings. The molecule has 0 fully saturated rings. The van der Waals surface area contributed by atoms with Crippen molar-refractivity contribution in [3.63, 3.8) is 0 Å². The summed E-state index contributed by atoms with van der Waals surface area (Å²) in [6, 6.07) is 7.63. The van der Waals surface area contributed by atoms with Crippen LogP contribution < -0.4 is 10.6 Å². The topological polar surface area (TPSA) is 48.0 Å². The predicted molar refractivity (Wildman–Crippen MR) is 74.7 cm³/mol. The number of hydrogen-bond donors (Lipinski definition) is 1. The average Bonchev–Trinajstić information content (AvgIpc) is 2.61. The van der Waals surface area contributed by atoms with Crippen LogP contribution in [0.5, 0.6) is 0 Å². The third kappa shape index (κ3) is 2.45. The Morgan fingerprint density at radius 1 is 1.47 bits per heavy atom. The molecule has 1 aromatic heterocycles. The molecule has 2 rings (SSSR count). The maximum absolute atomic E-state index is 11.6. The van der Waals surface area contributed by atoms with Gasteiger partial charge in [0.1, 0.15) is 4.99 Å². The van der Waals surface area contributed by atoms with E-state index in [4.69, 9.17) is 18.0 Å². The fraction of sp³-hybridized carbons (Fsp3) is 0.167. The lowest BCUT2D eigenvalue weighted by Gasteiger charge is -2.09. The zero-order valence-electron chi connectivity index (χ0n) is 9.34. The minimum absolute atomic E-state index is 0.0419. The maximum atomic E-state index is 11.6. The number of nitrogens with two attached hydrogens (primary N) is 1. The Morgan fingerprint density at radius 2 is 2.18 bits per heavy atom. The molecule has 1 heterocycles. The minimum atomic E-state index is 0.0419. The number of rotatable bonds is 3. The van der Waals surface area contributed by atoms with Gasteiger partial charge in [0.25, 0.3) is 0 Å². The van der Waals surface area contributed by atoms with E-state index in [0.29, 0.717) is 11.5 Å². The first-order valence-corrected chi connectivity index (χ1v) is 6.41. The highest BCUT2D eigenvalue weighted by Crippen LogP contribution is 2.11. The van der Waals surface area contributed by atoms with Crippen molar-refractivity contribution >= 4 is 28.5 Å². The molecule has 2 aromatic rings. The van der Waals surface area contributed by atoms with Gasteiger partial charge in [-0.05, 0) is 12.5 Å². The van der Waals surface area contributed by atoms with Gasteiger partial charge in [0.05, 0.1) is 6.54 Å². The smallest absolute Gasteiger partial charge is 0.307 e. The minimum Gasteiger partial charge on any atom is -0.389 e. The summed E-state index contributed by atoms with van der Waals surface area (Å²) in [5.74, 6) is 0. The molecule has 0 spiro atoms. The summed E-state index contributed by atoms with van der Waals surface area (Å²) < 4.78 is 1.72. The van der Waals surface area contributed by atoms with Gasteiger partial charge in [-0.2, -0.15) is 0 Å². The van der Waals surface area contributed by atoms with Crippen LogP contribution in [-0.4, -0.2) is 9.56 Å². The lowest BCUT2D eigenvalue weighted by atomic mass is 10.1. The molecule has 0 atom stereocenters. The average molecular weight is 264 g/mol. The van der Waals surface area contributed by atoms with Gasteiger partial charge in [-0.25, -0.2) is 0 Å². The molecule has 0 aliphatic carbocycles. The first-order valence-electron chi connectivity index (χ1n) is 5.12. The van der Waals surface area contributed by atoms with Crippen LogP contribution in [0, 0.1) is 6.92 Å². The van der Waals surface area contributed by atoms with E-state index in [9.17, 15) is 4.79 Å². The lowest BCUT2D eigenvalue weighted by Crippen LogP contribution is -2.19. The largest absolute Gasteiger partial charge is 0.389 e. The van der Waals surface area contributed by atoms with Crippen molar-refractivity contribution < 1.29 is 0 Å². The van der Waals surface area contributed by atoms with Crippen molar-refractivity contribution in [2.45, 2.75) is 13.5 Å². The van der Waals surface area contributed by atoms with Crippen LogP contribution in [-0.2, 0) is 6.54 Å². The number of thiazole rings is 1. The monoisotopic (exact) mass is 264 g/mol. The Labute approximate surface area is 109 Å². The van der Waals surface area contributed by atoms with Gasteiger partial charge >= 0.3 is 4.87 Å². The van der Waals surface area contributed by atoms with Crippen molar-refractivity contribution in [2.75, 3.05) is 0 Å². The fourth-order valence-corrected chi connectivity index (χ4v) is 2.60. The van der Waals surface area contributed by atoms with Crippen LogP contribution in [0.15, 0.2) is 34.4 Å². The van der Waals surface area contributed by atoms with Crippen LogP contribution >= 0.6 is 23.6 Å². The number of benzene rings is 1. The Kier molecular flexibility index (Phi) is 3.40. The molecule has 2 N–H and O–H groups in total.